The predicted molar refractivity (Wildman–Crippen MR) is 89.9 cm³/mol. The molecule has 1 amide bonds. The van der Waals surface area contributed by atoms with E-state index in [1.165, 1.54) is 5.69 Å². The third-order valence-electron chi connectivity index (χ3n) is 4.39. The zero-order valence-electron chi connectivity index (χ0n) is 14.0. The van der Waals surface area contributed by atoms with Gasteiger partial charge in [-0.15, -0.1) is 5.10 Å². The molecule has 1 aliphatic heterocycles. The number of rotatable bonds is 4. The fourth-order valence-corrected chi connectivity index (χ4v) is 3.14. The summed E-state index contributed by atoms with van der Waals surface area (Å²) in [7, 11) is 0. The number of nitrogens with zero attached hydrogens (tertiary/aromatic N) is 4. The molecule has 0 aliphatic carbocycles. The molecule has 0 bridgehead atoms. The lowest BCUT2D eigenvalue weighted by Gasteiger charge is -2.42. The molecule has 0 saturated carbocycles. The second-order valence-corrected chi connectivity index (χ2v) is 5.98. The quantitative estimate of drug-likeness (QED) is 0.844. The number of amides is 1. The van der Waals surface area contributed by atoms with E-state index in [1.807, 2.05) is 23.1 Å². The SMILES string of the molecule is CCC1CN(c2ccccc2)CCN1C(=O)Cn1nc(C)oc1=O. The van der Waals surface area contributed by atoms with E-state index < -0.39 is 5.76 Å². The van der Waals surface area contributed by atoms with Crippen molar-refractivity contribution in [3.05, 3.63) is 46.8 Å². The summed E-state index contributed by atoms with van der Waals surface area (Å²) in [6.07, 6.45) is 0.863. The van der Waals surface area contributed by atoms with E-state index in [9.17, 15) is 9.59 Å². The Kier molecular flexibility index (Phi) is 4.69. The number of aromatic nitrogens is 2. The number of anilines is 1. The van der Waals surface area contributed by atoms with Gasteiger partial charge in [-0.2, -0.15) is 4.68 Å². The van der Waals surface area contributed by atoms with Crippen LogP contribution >= 0.6 is 0 Å². The van der Waals surface area contributed by atoms with Gasteiger partial charge in [-0.1, -0.05) is 25.1 Å². The molecule has 1 fully saturated rings. The summed E-state index contributed by atoms with van der Waals surface area (Å²) in [6, 6.07) is 10.3. The molecule has 24 heavy (non-hydrogen) atoms. The van der Waals surface area contributed by atoms with Gasteiger partial charge in [0.2, 0.25) is 11.8 Å². The first-order valence-electron chi connectivity index (χ1n) is 8.22. The third kappa shape index (κ3) is 3.34. The Balaban J connectivity index is 1.69. The average molecular weight is 330 g/mol. The highest BCUT2D eigenvalue weighted by Crippen LogP contribution is 2.20. The van der Waals surface area contributed by atoms with E-state index >= 15 is 0 Å². The molecule has 2 aromatic rings. The standard InChI is InChI=1S/C17H22N4O3/c1-3-14-11-19(15-7-5-4-6-8-15)9-10-20(14)16(22)12-21-17(23)24-13(2)18-21/h4-8,14H,3,9-12H2,1-2H3. The minimum absolute atomic E-state index is 0.0714. The number of para-hydroxylation sites is 1. The van der Waals surface area contributed by atoms with E-state index in [4.69, 9.17) is 4.42 Å². The van der Waals surface area contributed by atoms with Crippen molar-refractivity contribution in [2.24, 2.45) is 0 Å². The van der Waals surface area contributed by atoms with E-state index in [0.29, 0.717) is 6.54 Å². The van der Waals surface area contributed by atoms with Gasteiger partial charge in [-0.3, -0.25) is 4.79 Å². The number of benzene rings is 1. The average Bonchev–Trinajstić information content (AvgIpc) is 2.92. The molecule has 0 radical (unpaired) electrons. The number of aryl methyl sites for hydroxylation is 1. The number of carbonyl (C=O) groups excluding carboxylic acids is 1. The van der Waals surface area contributed by atoms with Gasteiger partial charge in [0.1, 0.15) is 6.54 Å². The van der Waals surface area contributed by atoms with Crippen molar-refractivity contribution in [3.63, 3.8) is 0 Å². The van der Waals surface area contributed by atoms with Crippen molar-refractivity contribution in [3.8, 4) is 0 Å². The lowest BCUT2D eigenvalue weighted by Crippen LogP contribution is -2.56. The highest BCUT2D eigenvalue weighted by Gasteiger charge is 2.30. The summed E-state index contributed by atoms with van der Waals surface area (Å²) in [4.78, 5) is 28.4. The highest BCUT2D eigenvalue weighted by molar-refractivity contribution is 5.76. The van der Waals surface area contributed by atoms with Crippen LogP contribution in [0.4, 0.5) is 5.69 Å². The Labute approximate surface area is 140 Å². The second kappa shape index (κ2) is 6.90. The fraction of sp³-hybridized carbons (Fsp3) is 0.471. The minimum Gasteiger partial charge on any atom is -0.393 e. The Morgan fingerprint density at radius 3 is 2.67 bits per heavy atom. The summed E-state index contributed by atoms with van der Waals surface area (Å²) in [5.41, 5.74) is 1.17. The van der Waals surface area contributed by atoms with E-state index in [1.54, 1.807) is 6.92 Å². The maximum Gasteiger partial charge on any atom is 0.437 e. The maximum absolute atomic E-state index is 12.6. The zero-order chi connectivity index (χ0) is 17.1. The summed E-state index contributed by atoms with van der Waals surface area (Å²) < 4.78 is 5.94. The molecule has 1 aromatic carbocycles. The van der Waals surface area contributed by atoms with Crippen molar-refractivity contribution in [2.45, 2.75) is 32.9 Å². The number of piperazine rings is 1. The molecule has 0 N–H and O–H groups in total. The van der Waals surface area contributed by atoms with Crippen molar-refractivity contribution < 1.29 is 9.21 Å². The normalized spacial score (nSPS) is 18.0. The molecule has 7 heteroatoms. The maximum atomic E-state index is 12.6. The summed E-state index contributed by atoms with van der Waals surface area (Å²) in [6.45, 7) is 5.80. The van der Waals surface area contributed by atoms with Gasteiger partial charge in [0.25, 0.3) is 0 Å². The molecule has 1 atom stereocenters. The van der Waals surface area contributed by atoms with Crippen LogP contribution in [-0.4, -0.2) is 46.3 Å². The Morgan fingerprint density at radius 1 is 1.29 bits per heavy atom. The summed E-state index contributed by atoms with van der Waals surface area (Å²) in [5, 5.41) is 3.94. The van der Waals surface area contributed by atoms with Crippen LogP contribution in [0.15, 0.2) is 39.5 Å². The van der Waals surface area contributed by atoms with Crippen LogP contribution in [0.25, 0.3) is 0 Å². The lowest BCUT2D eigenvalue weighted by atomic mass is 10.1. The molecule has 7 nitrogen and oxygen atoms in total. The Hall–Kier alpha value is -2.57. The molecule has 3 rings (SSSR count). The highest BCUT2D eigenvalue weighted by atomic mass is 16.4. The second-order valence-electron chi connectivity index (χ2n) is 5.98. The summed E-state index contributed by atoms with van der Waals surface area (Å²) in [5.74, 6) is -0.407. The number of hydrogen-bond acceptors (Lipinski definition) is 5. The van der Waals surface area contributed by atoms with E-state index in [0.717, 1.165) is 24.2 Å². The largest absolute Gasteiger partial charge is 0.437 e. The summed E-state index contributed by atoms with van der Waals surface area (Å²) >= 11 is 0. The first kappa shape index (κ1) is 16.3. The van der Waals surface area contributed by atoms with Crippen LogP contribution in [0, 0.1) is 6.92 Å². The smallest absolute Gasteiger partial charge is 0.393 e. The van der Waals surface area contributed by atoms with Gasteiger partial charge in [-0.05, 0) is 18.6 Å². The molecule has 1 unspecified atom stereocenters. The minimum atomic E-state index is -0.586. The van der Waals surface area contributed by atoms with Gasteiger partial charge in [0.15, 0.2) is 0 Å². The fourth-order valence-electron chi connectivity index (χ4n) is 3.14. The van der Waals surface area contributed by atoms with Gasteiger partial charge in [-0.25, -0.2) is 4.79 Å². The van der Waals surface area contributed by atoms with Gasteiger partial charge in [0.05, 0.1) is 0 Å². The van der Waals surface area contributed by atoms with Crippen molar-refractivity contribution in [1.82, 2.24) is 14.7 Å². The van der Waals surface area contributed by atoms with Crippen LogP contribution in [0.5, 0.6) is 0 Å². The van der Waals surface area contributed by atoms with Crippen LogP contribution in [0.1, 0.15) is 19.2 Å². The predicted octanol–water partition coefficient (Wildman–Crippen LogP) is 1.27. The van der Waals surface area contributed by atoms with E-state index in [-0.39, 0.29) is 24.4 Å². The van der Waals surface area contributed by atoms with Gasteiger partial charge >= 0.3 is 5.76 Å². The monoisotopic (exact) mass is 330 g/mol. The molecule has 2 heterocycles. The van der Waals surface area contributed by atoms with Crippen LogP contribution in [0.2, 0.25) is 0 Å². The molecule has 1 saturated heterocycles. The van der Waals surface area contributed by atoms with Crippen LogP contribution in [-0.2, 0) is 11.3 Å². The van der Waals surface area contributed by atoms with Crippen molar-refractivity contribution in [2.75, 3.05) is 24.5 Å². The van der Waals surface area contributed by atoms with Crippen LogP contribution < -0.4 is 10.7 Å². The number of hydrogen-bond donors (Lipinski definition) is 0. The zero-order valence-corrected chi connectivity index (χ0v) is 14.0. The van der Waals surface area contributed by atoms with Crippen molar-refractivity contribution in [1.29, 1.82) is 0 Å². The first-order valence-corrected chi connectivity index (χ1v) is 8.22. The molecule has 0 spiro atoms. The molecular formula is C17H22N4O3. The topological polar surface area (TPSA) is 71.6 Å². The molecule has 128 valence electrons. The molecule has 1 aliphatic rings. The first-order chi connectivity index (χ1) is 11.6. The van der Waals surface area contributed by atoms with E-state index in [2.05, 4.69) is 29.1 Å². The van der Waals surface area contributed by atoms with Crippen molar-refractivity contribution >= 4 is 11.6 Å². The third-order valence-corrected chi connectivity index (χ3v) is 4.39. The molecule has 1 aromatic heterocycles. The van der Waals surface area contributed by atoms with Crippen LogP contribution in [0.3, 0.4) is 0 Å². The Bertz CT molecular complexity index is 753. The van der Waals surface area contributed by atoms with Gasteiger partial charge in [0, 0.05) is 38.3 Å². The molecular weight excluding hydrogens is 308 g/mol. The number of carbonyl (C=O) groups is 1. The van der Waals surface area contributed by atoms with Gasteiger partial charge < -0.3 is 14.2 Å². The Morgan fingerprint density at radius 2 is 2.04 bits per heavy atom. The lowest BCUT2D eigenvalue weighted by molar-refractivity contribution is -0.135.